The van der Waals surface area contributed by atoms with E-state index in [1.54, 1.807) is 10.7 Å². The van der Waals surface area contributed by atoms with Crippen LogP contribution in [0.2, 0.25) is 0 Å². The minimum absolute atomic E-state index is 0.0218. The average molecular weight is 294 g/mol. The molecule has 0 saturated heterocycles. The van der Waals surface area contributed by atoms with Gasteiger partial charge >= 0.3 is 0 Å². The topological polar surface area (TPSA) is 59.3 Å². The van der Waals surface area contributed by atoms with Crippen LogP contribution in [0, 0.1) is 5.92 Å². The zero-order valence-corrected chi connectivity index (χ0v) is 12.9. The highest BCUT2D eigenvalue weighted by Gasteiger charge is 2.13. The molecule has 22 heavy (non-hydrogen) atoms. The summed E-state index contributed by atoms with van der Waals surface area (Å²) in [6.07, 6.45) is 1.78. The highest BCUT2D eigenvalue weighted by atomic mass is 16.1. The van der Waals surface area contributed by atoms with E-state index in [2.05, 4.69) is 15.4 Å². The van der Waals surface area contributed by atoms with Crippen molar-refractivity contribution in [2.24, 2.45) is 5.92 Å². The summed E-state index contributed by atoms with van der Waals surface area (Å²) in [6, 6.07) is 11.4. The summed E-state index contributed by atoms with van der Waals surface area (Å²) in [5.41, 5.74) is 3.28. The van der Waals surface area contributed by atoms with Gasteiger partial charge in [0, 0.05) is 24.1 Å². The molecule has 5 heteroatoms. The fourth-order valence-corrected chi connectivity index (χ4v) is 2.37. The highest BCUT2D eigenvalue weighted by Crippen LogP contribution is 2.23. The first-order valence-electron chi connectivity index (χ1n) is 7.27. The first-order chi connectivity index (χ1) is 10.6. The molecule has 0 bridgehead atoms. The third kappa shape index (κ3) is 2.45. The lowest BCUT2D eigenvalue weighted by Crippen LogP contribution is -2.07. The van der Waals surface area contributed by atoms with Gasteiger partial charge < -0.3 is 5.32 Å². The van der Waals surface area contributed by atoms with E-state index < -0.39 is 0 Å². The summed E-state index contributed by atoms with van der Waals surface area (Å²) in [4.78, 5) is 16.6. The van der Waals surface area contributed by atoms with Crippen molar-refractivity contribution in [3.63, 3.8) is 0 Å². The van der Waals surface area contributed by atoms with E-state index in [0.29, 0.717) is 5.56 Å². The molecule has 0 aliphatic heterocycles. The van der Waals surface area contributed by atoms with E-state index in [4.69, 9.17) is 0 Å². The molecule has 1 N–H and O–H groups in total. The summed E-state index contributed by atoms with van der Waals surface area (Å²) in [5, 5.41) is 7.52. The third-order valence-electron chi connectivity index (χ3n) is 3.59. The second kappa shape index (κ2) is 5.60. The molecule has 2 aromatic heterocycles. The van der Waals surface area contributed by atoms with E-state index in [0.717, 1.165) is 22.7 Å². The van der Waals surface area contributed by atoms with Crippen LogP contribution in [0.3, 0.4) is 0 Å². The lowest BCUT2D eigenvalue weighted by atomic mass is 9.99. The number of rotatable bonds is 4. The van der Waals surface area contributed by atoms with Crippen molar-refractivity contribution >= 4 is 17.2 Å². The third-order valence-corrected chi connectivity index (χ3v) is 3.59. The van der Waals surface area contributed by atoms with Crippen LogP contribution in [0.25, 0.3) is 16.9 Å². The second-order valence-corrected chi connectivity index (χ2v) is 5.48. The van der Waals surface area contributed by atoms with Gasteiger partial charge in [0.15, 0.2) is 11.4 Å². The minimum atomic E-state index is -0.0218. The van der Waals surface area contributed by atoms with Crippen LogP contribution in [-0.4, -0.2) is 27.4 Å². The van der Waals surface area contributed by atoms with Crippen molar-refractivity contribution in [1.82, 2.24) is 14.6 Å². The van der Waals surface area contributed by atoms with Crippen LogP contribution in [-0.2, 0) is 0 Å². The molecule has 0 unspecified atom stereocenters. The molecule has 0 aliphatic carbocycles. The summed E-state index contributed by atoms with van der Waals surface area (Å²) in [6.45, 7) is 3.81. The van der Waals surface area contributed by atoms with Gasteiger partial charge in [-0.1, -0.05) is 32.0 Å². The van der Waals surface area contributed by atoms with E-state index in [1.807, 2.05) is 57.3 Å². The quantitative estimate of drug-likeness (QED) is 0.750. The van der Waals surface area contributed by atoms with E-state index >= 15 is 0 Å². The van der Waals surface area contributed by atoms with Crippen molar-refractivity contribution in [3.05, 3.63) is 48.2 Å². The van der Waals surface area contributed by atoms with Gasteiger partial charge in [-0.25, -0.2) is 9.50 Å². The molecule has 0 fully saturated rings. The largest absolute Gasteiger partial charge is 0.372 e. The van der Waals surface area contributed by atoms with Crippen LogP contribution in [0.4, 0.5) is 5.82 Å². The van der Waals surface area contributed by atoms with Crippen LogP contribution in [0.1, 0.15) is 24.2 Å². The van der Waals surface area contributed by atoms with Crippen molar-refractivity contribution in [1.29, 1.82) is 0 Å². The number of anilines is 1. The number of fused-ring (bicyclic) bond motifs is 1. The van der Waals surface area contributed by atoms with Crippen molar-refractivity contribution in [2.45, 2.75) is 13.8 Å². The molecule has 0 aliphatic rings. The van der Waals surface area contributed by atoms with E-state index in [1.165, 1.54) is 0 Å². The van der Waals surface area contributed by atoms with E-state index in [-0.39, 0.29) is 11.7 Å². The Balaban J connectivity index is 2.11. The number of nitrogens with zero attached hydrogens (tertiary/aromatic N) is 3. The van der Waals surface area contributed by atoms with Gasteiger partial charge in [-0.05, 0) is 18.2 Å². The Kier molecular flexibility index (Phi) is 3.63. The Labute approximate surface area is 129 Å². The maximum atomic E-state index is 12.2. The fraction of sp³-hybridized carbons (Fsp3) is 0.235. The average Bonchev–Trinajstić information content (AvgIpc) is 2.97. The zero-order valence-electron chi connectivity index (χ0n) is 12.9. The fourth-order valence-electron chi connectivity index (χ4n) is 2.37. The molecule has 0 saturated carbocycles. The number of aromatic nitrogens is 3. The number of hydrogen-bond acceptors (Lipinski definition) is 4. The number of benzene rings is 1. The van der Waals surface area contributed by atoms with Crippen LogP contribution in [0.15, 0.2) is 42.6 Å². The standard InChI is InChI=1S/C17H18N4O/c1-11(2)17(22)13-6-4-5-12(9-13)14-10-19-16-8-7-15(18-3)20-21(14)16/h4-11H,1-3H3,(H,18,20). The number of imidazole rings is 1. The molecule has 3 aromatic rings. The van der Waals surface area contributed by atoms with Gasteiger partial charge in [-0.3, -0.25) is 4.79 Å². The second-order valence-electron chi connectivity index (χ2n) is 5.48. The van der Waals surface area contributed by atoms with Gasteiger partial charge in [-0.15, -0.1) is 5.10 Å². The Morgan fingerprint density at radius 2 is 2.05 bits per heavy atom. The summed E-state index contributed by atoms with van der Waals surface area (Å²) in [5.74, 6) is 0.882. The van der Waals surface area contributed by atoms with E-state index in [9.17, 15) is 4.79 Å². The number of ketones is 1. The molecular weight excluding hydrogens is 276 g/mol. The first-order valence-corrected chi connectivity index (χ1v) is 7.27. The lowest BCUT2D eigenvalue weighted by molar-refractivity contribution is 0.0939. The van der Waals surface area contributed by atoms with Gasteiger partial charge in [0.1, 0.15) is 5.82 Å². The number of hydrogen-bond donors (Lipinski definition) is 1. The Morgan fingerprint density at radius 3 is 2.77 bits per heavy atom. The summed E-state index contributed by atoms with van der Waals surface area (Å²) >= 11 is 0. The van der Waals surface area contributed by atoms with Crippen LogP contribution in [0.5, 0.6) is 0 Å². The Hall–Kier alpha value is -2.69. The zero-order chi connectivity index (χ0) is 15.7. The van der Waals surface area contributed by atoms with Gasteiger partial charge in [-0.2, -0.15) is 0 Å². The smallest absolute Gasteiger partial charge is 0.165 e. The predicted molar refractivity (Wildman–Crippen MR) is 87.1 cm³/mol. The van der Waals surface area contributed by atoms with Gasteiger partial charge in [0.25, 0.3) is 0 Å². The first kappa shape index (κ1) is 14.3. The maximum Gasteiger partial charge on any atom is 0.165 e. The highest BCUT2D eigenvalue weighted by molar-refractivity contribution is 5.98. The lowest BCUT2D eigenvalue weighted by Gasteiger charge is -2.07. The summed E-state index contributed by atoms with van der Waals surface area (Å²) < 4.78 is 1.78. The number of carbonyl (C=O) groups excluding carboxylic acids is 1. The van der Waals surface area contributed by atoms with Crippen molar-refractivity contribution in [3.8, 4) is 11.3 Å². The molecule has 0 amide bonds. The Bertz CT molecular complexity index is 836. The number of Topliss-reactive ketones (excluding diaryl/α,β-unsaturated/α-hetero) is 1. The minimum Gasteiger partial charge on any atom is -0.372 e. The predicted octanol–water partition coefficient (Wildman–Crippen LogP) is 3.28. The molecule has 0 spiro atoms. The summed E-state index contributed by atoms with van der Waals surface area (Å²) in [7, 11) is 1.83. The molecule has 0 atom stereocenters. The van der Waals surface area contributed by atoms with Crippen molar-refractivity contribution < 1.29 is 4.79 Å². The molecular formula is C17H18N4O. The monoisotopic (exact) mass is 294 g/mol. The SMILES string of the molecule is CNc1ccc2ncc(-c3cccc(C(=O)C(C)C)c3)n2n1. The Morgan fingerprint density at radius 1 is 1.23 bits per heavy atom. The van der Waals surface area contributed by atoms with Gasteiger partial charge in [0.2, 0.25) is 0 Å². The van der Waals surface area contributed by atoms with Crippen molar-refractivity contribution in [2.75, 3.05) is 12.4 Å². The molecule has 112 valence electrons. The van der Waals surface area contributed by atoms with Crippen LogP contribution >= 0.6 is 0 Å². The maximum absolute atomic E-state index is 12.2. The molecule has 5 nitrogen and oxygen atoms in total. The van der Waals surface area contributed by atoms with Crippen LogP contribution < -0.4 is 5.32 Å². The number of nitrogens with one attached hydrogen (secondary N) is 1. The number of carbonyl (C=O) groups is 1. The molecule has 1 aromatic carbocycles. The molecule has 0 radical (unpaired) electrons. The molecule has 2 heterocycles. The van der Waals surface area contributed by atoms with Gasteiger partial charge in [0.05, 0.1) is 11.9 Å². The normalized spacial score (nSPS) is 11.1. The molecule has 3 rings (SSSR count).